The standard InChI is InChI=1S/C20H29N7O2/c1-4-15(2)23-18(28)17-7-5-6-16(12-17)13-21-20(29)27-10-8-26(9-11-27)19-24-22-14-25(19)3/h5-7,12,14-15H,4,8-11,13H2,1-3H3,(H,21,29)(H,23,28). The minimum absolute atomic E-state index is 0.0903. The van der Waals surface area contributed by atoms with Crippen molar-refractivity contribution in [2.24, 2.45) is 7.05 Å². The van der Waals surface area contributed by atoms with Crippen LogP contribution in [-0.2, 0) is 13.6 Å². The van der Waals surface area contributed by atoms with Crippen LogP contribution in [0.25, 0.3) is 0 Å². The summed E-state index contributed by atoms with van der Waals surface area (Å²) in [5, 5.41) is 13.9. The van der Waals surface area contributed by atoms with Crippen LogP contribution in [0.1, 0.15) is 36.2 Å². The molecule has 1 fully saturated rings. The first-order valence-corrected chi connectivity index (χ1v) is 9.99. The summed E-state index contributed by atoms with van der Waals surface area (Å²) in [5.74, 6) is 0.727. The van der Waals surface area contributed by atoms with Gasteiger partial charge >= 0.3 is 6.03 Å². The fourth-order valence-corrected chi connectivity index (χ4v) is 3.19. The van der Waals surface area contributed by atoms with Gasteiger partial charge in [-0.15, -0.1) is 10.2 Å². The van der Waals surface area contributed by atoms with Crippen LogP contribution >= 0.6 is 0 Å². The summed E-state index contributed by atoms with van der Waals surface area (Å²) in [4.78, 5) is 28.7. The van der Waals surface area contributed by atoms with Crippen molar-refractivity contribution in [3.8, 4) is 0 Å². The molecule has 2 heterocycles. The molecule has 0 aliphatic carbocycles. The molecule has 3 rings (SSSR count). The van der Waals surface area contributed by atoms with Gasteiger partial charge < -0.3 is 25.0 Å². The maximum absolute atomic E-state index is 12.5. The van der Waals surface area contributed by atoms with Gasteiger partial charge in [-0.25, -0.2) is 4.79 Å². The molecule has 1 aliphatic heterocycles. The third-order valence-corrected chi connectivity index (χ3v) is 5.16. The maximum atomic E-state index is 12.5. The number of carbonyl (C=O) groups is 2. The molecule has 2 N–H and O–H groups in total. The maximum Gasteiger partial charge on any atom is 0.317 e. The Morgan fingerprint density at radius 3 is 2.62 bits per heavy atom. The van der Waals surface area contributed by atoms with Gasteiger partial charge in [-0.1, -0.05) is 19.1 Å². The van der Waals surface area contributed by atoms with E-state index in [0.717, 1.165) is 17.9 Å². The lowest BCUT2D eigenvalue weighted by Gasteiger charge is -2.34. The van der Waals surface area contributed by atoms with Crippen LogP contribution in [0.15, 0.2) is 30.6 Å². The molecule has 9 heteroatoms. The topological polar surface area (TPSA) is 95.4 Å². The fraction of sp³-hybridized carbons (Fsp3) is 0.500. The van der Waals surface area contributed by atoms with E-state index in [1.807, 2.05) is 43.7 Å². The third kappa shape index (κ3) is 5.24. The summed E-state index contributed by atoms with van der Waals surface area (Å²) in [6.45, 7) is 7.06. The van der Waals surface area contributed by atoms with E-state index in [1.54, 1.807) is 17.3 Å². The normalized spacial score (nSPS) is 15.1. The van der Waals surface area contributed by atoms with Crippen molar-refractivity contribution in [2.75, 3.05) is 31.1 Å². The Morgan fingerprint density at radius 2 is 1.97 bits per heavy atom. The van der Waals surface area contributed by atoms with Gasteiger partial charge in [-0.05, 0) is 31.0 Å². The molecule has 0 saturated carbocycles. The van der Waals surface area contributed by atoms with E-state index in [-0.39, 0.29) is 18.0 Å². The van der Waals surface area contributed by atoms with Crippen LogP contribution in [0, 0.1) is 0 Å². The average molecular weight is 399 g/mol. The lowest BCUT2D eigenvalue weighted by Crippen LogP contribution is -2.52. The number of anilines is 1. The number of carbonyl (C=O) groups excluding carboxylic acids is 2. The number of urea groups is 1. The van der Waals surface area contributed by atoms with Crippen LogP contribution in [0.4, 0.5) is 10.7 Å². The SMILES string of the molecule is CCC(C)NC(=O)c1cccc(CNC(=O)N2CCN(c3nncn3C)CC2)c1. The quantitative estimate of drug-likeness (QED) is 0.765. The van der Waals surface area contributed by atoms with Gasteiger partial charge in [0.25, 0.3) is 5.91 Å². The minimum atomic E-state index is -0.0999. The number of aromatic nitrogens is 3. The number of rotatable bonds is 6. The van der Waals surface area contributed by atoms with Crippen LogP contribution in [0.3, 0.4) is 0 Å². The molecule has 9 nitrogen and oxygen atoms in total. The second-order valence-corrected chi connectivity index (χ2v) is 7.36. The first-order chi connectivity index (χ1) is 14.0. The molecule has 0 spiro atoms. The highest BCUT2D eigenvalue weighted by atomic mass is 16.2. The monoisotopic (exact) mass is 399 g/mol. The smallest absolute Gasteiger partial charge is 0.317 e. The van der Waals surface area contributed by atoms with E-state index < -0.39 is 0 Å². The van der Waals surface area contributed by atoms with Crippen molar-refractivity contribution in [1.29, 1.82) is 0 Å². The Labute approximate surface area is 171 Å². The number of piperazine rings is 1. The molecule has 1 saturated heterocycles. The lowest BCUT2D eigenvalue weighted by atomic mass is 10.1. The Kier molecular flexibility index (Phi) is 6.69. The Balaban J connectivity index is 1.49. The number of hydrogen-bond donors (Lipinski definition) is 2. The van der Waals surface area contributed by atoms with Crippen LogP contribution in [0.2, 0.25) is 0 Å². The molecule has 156 valence electrons. The van der Waals surface area contributed by atoms with Crippen LogP contribution < -0.4 is 15.5 Å². The van der Waals surface area contributed by atoms with Crippen molar-refractivity contribution in [1.82, 2.24) is 30.3 Å². The molecule has 2 aromatic rings. The Bertz CT molecular complexity index is 843. The molecule has 1 unspecified atom stereocenters. The number of nitrogens with one attached hydrogen (secondary N) is 2. The molecule has 1 atom stereocenters. The van der Waals surface area contributed by atoms with Gasteiger partial charge in [-0.2, -0.15) is 0 Å². The fourth-order valence-electron chi connectivity index (χ4n) is 3.19. The largest absolute Gasteiger partial charge is 0.350 e. The van der Waals surface area contributed by atoms with Gasteiger partial charge in [0.05, 0.1) is 0 Å². The lowest BCUT2D eigenvalue weighted by molar-refractivity contribution is 0.0939. The molecular formula is C20H29N7O2. The summed E-state index contributed by atoms with van der Waals surface area (Å²) >= 11 is 0. The first kappa shape index (κ1) is 20.6. The molecule has 0 bridgehead atoms. The summed E-state index contributed by atoms with van der Waals surface area (Å²) in [5.41, 5.74) is 1.50. The van der Waals surface area contributed by atoms with Gasteiger partial charge in [0.1, 0.15) is 6.33 Å². The molecule has 1 aliphatic rings. The Hall–Kier alpha value is -3.10. The van der Waals surface area contributed by atoms with E-state index >= 15 is 0 Å². The van der Waals surface area contributed by atoms with Crippen molar-refractivity contribution in [2.45, 2.75) is 32.9 Å². The zero-order chi connectivity index (χ0) is 20.8. The van der Waals surface area contributed by atoms with Gasteiger partial charge in [0.15, 0.2) is 0 Å². The Morgan fingerprint density at radius 1 is 1.21 bits per heavy atom. The van der Waals surface area contributed by atoms with Crippen LogP contribution in [-0.4, -0.2) is 63.8 Å². The zero-order valence-corrected chi connectivity index (χ0v) is 17.3. The number of aryl methyl sites for hydroxylation is 1. The summed E-state index contributed by atoms with van der Waals surface area (Å²) in [6, 6.07) is 7.39. The highest BCUT2D eigenvalue weighted by molar-refractivity contribution is 5.94. The number of benzene rings is 1. The van der Waals surface area contributed by atoms with E-state index in [0.29, 0.717) is 38.3 Å². The zero-order valence-electron chi connectivity index (χ0n) is 17.3. The number of nitrogens with zero attached hydrogens (tertiary/aromatic N) is 5. The summed E-state index contributed by atoms with van der Waals surface area (Å²) < 4.78 is 1.88. The van der Waals surface area contributed by atoms with E-state index in [1.165, 1.54) is 0 Å². The van der Waals surface area contributed by atoms with E-state index in [4.69, 9.17) is 0 Å². The highest BCUT2D eigenvalue weighted by Gasteiger charge is 2.23. The van der Waals surface area contributed by atoms with E-state index in [2.05, 4.69) is 25.7 Å². The second-order valence-electron chi connectivity index (χ2n) is 7.36. The predicted molar refractivity (Wildman–Crippen MR) is 111 cm³/mol. The average Bonchev–Trinajstić information content (AvgIpc) is 3.18. The van der Waals surface area contributed by atoms with Crippen molar-refractivity contribution < 1.29 is 9.59 Å². The number of amides is 3. The minimum Gasteiger partial charge on any atom is -0.350 e. The van der Waals surface area contributed by atoms with Crippen molar-refractivity contribution in [3.05, 3.63) is 41.7 Å². The molecule has 1 aromatic carbocycles. The molecule has 1 aromatic heterocycles. The van der Waals surface area contributed by atoms with Crippen LogP contribution in [0.5, 0.6) is 0 Å². The predicted octanol–water partition coefficient (Wildman–Crippen LogP) is 1.38. The highest BCUT2D eigenvalue weighted by Crippen LogP contribution is 2.12. The van der Waals surface area contributed by atoms with Crippen molar-refractivity contribution in [3.63, 3.8) is 0 Å². The first-order valence-electron chi connectivity index (χ1n) is 9.99. The van der Waals surface area contributed by atoms with Gasteiger partial charge in [0.2, 0.25) is 5.95 Å². The summed E-state index contributed by atoms with van der Waals surface area (Å²) in [6.07, 6.45) is 2.55. The molecule has 29 heavy (non-hydrogen) atoms. The second kappa shape index (κ2) is 9.40. The molecule has 0 radical (unpaired) electrons. The van der Waals surface area contributed by atoms with Crippen molar-refractivity contribution >= 4 is 17.9 Å². The van der Waals surface area contributed by atoms with Gasteiger partial charge in [0, 0.05) is 51.4 Å². The molecule has 3 amide bonds. The third-order valence-electron chi connectivity index (χ3n) is 5.16. The molecular weight excluding hydrogens is 370 g/mol. The number of hydrogen-bond acceptors (Lipinski definition) is 5. The van der Waals surface area contributed by atoms with Gasteiger partial charge in [-0.3, -0.25) is 4.79 Å². The van der Waals surface area contributed by atoms with E-state index in [9.17, 15) is 9.59 Å². The summed E-state index contributed by atoms with van der Waals surface area (Å²) in [7, 11) is 1.91.